The Hall–Kier alpha value is -2.03. The molecule has 8 nitrogen and oxygen atoms in total. The lowest BCUT2D eigenvalue weighted by Gasteiger charge is -2.29. The van der Waals surface area contributed by atoms with E-state index in [1.54, 1.807) is 26.8 Å². The predicted octanol–water partition coefficient (Wildman–Crippen LogP) is 5.82. The Morgan fingerprint density at radius 2 is 2.00 bits per heavy atom. The van der Waals surface area contributed by atoms with E-state index in [0.717, 1.165) is 5.56 Å². The van der Waals surface area contributed by atoms with Gasteiger partial charge in [-0.15, -0.1) is 4.72 Å². The van der Waals surface area contributed by atoms with E-state index in [0.29, 0.717) is 20.8 Å². The number of nitro benzene ring substituents is 1. The SMILES string of the molecule is COc1ccc([N+](=O)[O-])c(N[C@H](CC(C#N)N[S@+]([O-])C(C)(C)C)c2c(Cl)ccc(C)c2Br)c1. The monoisotopic (exact) mass is 556 g/mol. The molecule has 2 aromatic rings. The van der Waals surface area contributed by atoms with Crippen LogP contribution in [0.3, 0.4) is 0 Å². The molecule has 0 saturated heterocycles. The normalized spacial score (nSPS) is 14.2. The first-order valence-electron chi connectivity index (χ1n) is 10.00. The zero-order valence-corrected chi connectivity index (χ0v) is 22.1. The standard InChI is InChI=1S/C22H26BrClN4O4S/c1-13-6-8-16(24)20(21(13)23)18(10-14(12-25)27-33(31)22(2,3)4)26-17-11-15(32-5)7-9-19(17)28(29)30/h6-9,11,14,18,26-27H,10H2,1-5H3/t14?,18-,33-/m1/s1. The smallest absolute Gasteiger partial charge is 0.292 e. The summed E-state index contributed by atoms with van der Waals surface area (Å²) in [5.41, 5.74) is 1.60. The number of nitro groups is 1. The second-order valence-electron chi connectivity index (χ2n) is 8.35. The zero-order valence-electron chi connectivity index (χ0n) is 18.9. The van der Waals surface area contributed by atoms with Crippen LogP contribution in [0.1, 0.15) is 44.4 Å². The molecule has 0 spiro atoms. The van der Waals surface area contributed by atoms with Gasteiger partial charge in [0.05, 0.1) is 24.1 Å². The molecular formula is C22H26BrClN4O4S. The molecule has 11 heteroatoms. The molecule has 0 saturated carbocycles. The molecule has 0 aromatic heterocycles. The van der Waals surface area contributed by atoms with Gasteiger partial charge in [-0.1, -0.05) is 33.6 Å². The van der Waals surface area contributed by atoms with Crippen molar-refractivity contribution in [2.75, 3.05) is 12.4 Å². The quantitative estimate of drug-likeness (QED) is 0.226. The fourth-order valence-corrected chi connectivity index (χ4v) is 4.81. The molecule has 2 N–H and O–H groups in total. The summed E-state index contributed by atoms with van der Waals surface area (Å²) in [6.07, 6.45) is 0.133. The third kappa shape index (κ3) is 6.98. The summed E-state index contributed by atoms with van der Waals surface area (Å²) >= 11 is 8.61. The largest absolute Gasteiger partial charge is 0.598 e. The van der Waals surface area contributed by atoms with Crippen molar-refractivity contribution in [2.45, 2.75) is 50.9 Å². The summed E-state index contributed by atoms with van der Waals surface area (Å²) in [5.74, 6) is 0.431. The van der Waals surface area contributed by atoms with Crippen molar-refractivity contribution < 1.29 is 14.2 Å². The maximum absolute atomic E-state index is 12.6. The van der Waals surface area contributed by atoms with Gasteiger partial charge in [-0.2, -0.15) is 5.26 Å². The number of halogens is 2. The highest BCUT2D eigenvalue weighted by Crippen LogP contribution is 2.39. The first-order valence-corrected chi connectivity index (χ1v) is 12.3. The van der Waals surface area contributed by atoms with Crippen LogP contribution in [0, 0.1) is 28.4 Å². The highest BCUT2D eigenvalue weighted by atomic mass is 79.9. The average Bonchev–Trinajstić information content (AvgIpc) is 2.74. The average molecular weight is 558 g/mol. The lowest BCUT2D eigenvalue weighted by atomic mass is 9.97. The molecule has 0 radical (unpaired) electrons. The topological polar surface area (TPSA) is 123 Å². The first kappa shape index (κ1) is 27.2. The summed E-state index contributed by atoms with van der Waals surface area (Å²) in [4.78, 5) is 11.1. The Labute approximate surface area is 210 Å². The van der Waals surface area contributed by atoms with Gasteiger partial charge in [-0.3, -0.25) is 10.1 Å². The zero-order chi connectivity index (χ0) is 24.9. The fraction of sp³-hybridized carbons (Fsp3) is 0.409. The number of nitriles is 1. The molecule has 0 amide bonds. The van der Waals surface area contributed by atoms with Gasteiger partial charge in [-0.05, 0) is 45.4 Å². The van der Waals surface area contributed by atoms with Crippen molar-refractivity contribution in [3.8, 4) is 11.8 Å². The van der Waals surface area contributed by atoms with Crippen LogP contribution < -0.4 is 14.8 Å². The van der Waals surface area contributed by atoms with Crippen LogP contribution in [0.25, 0.3) is 0 Å². The maximum atomic E-state index is 12.6. The van der Waals surface area contributed by atoms with Gasteiger partial charge in [0.2, 0.25) is 0 Å². The lowest BCUT2D eigenvalue weighted by Crippen LogP contribution is -2.45. The van der Waals surface area contributed by atoms with Crippen LogP contribution in [0.15, 0.2) is 34.8 Å². The number of nitrogens with one attached hydrogen (secondary N) is 2. The number of rotatable bonds is 9. The minimum atomic E-state index is -1.49. The number of anilines is 1. The molecule has 0 aliphatic heterocycles. The minimum Gasteiger partial charge on any atom is -0.598 e. The van der Waals surface area contributed by atoms with Crippen LogP contribution in [0.5, 0.6) is 5.75 Å². The van der Waals surface area contributed by atoms with Crippen molar-refractivity contribution in [3.05, 3.63) is 61.1 Å². The summed E-state index contributed by atoms with van der Waals surface area (Å²) in [6, 6.07) is 8.63. The van der Waals surface area contributed by atoms with Crippen molar-refractivity contribution >= 4 is 50.3 Å². The van der Waals surface area contributed by atoms with E-state index in [9.17, 15) is 19.9 Å². The minimum absolute atomic E-state index is 0.133. The van der Waals surface area contributed by atoms with Gasteiger partial charge in [0.1, 0.15) is 22.2 Å². The Balaban J connectivity index is 2.55. The van der Waals surface area contributed by atoms with Crippen molar-refractivity contribution in [3.63, 3.8) is 0 Å². The lowest BCUT2D eigenvalue weighted by molar-refractivity contribution is -0.384. The maximum Gasteiger partial charge on any atom is 0.292 e. The van der Waals surface area contributed by atoms with Crippen LogP contribution in [0.2, 0.25) is 5.02 Å². The van der Waals surface area contributed by atoms with E-state index in [4.69, 9.17) is 16.3 Å². The van der Waals surface area contributed by atoms with Crippen LogP contribution in [-0.4, -0.2) is 27.4 Å². The Morgan fingerprint density at radius 3 is 2.55 bits per heavy atom. The van der Waals surface area contributed by atoms with Gasteiger partial charge in [0, 0.05) is 45.0 Å². The molecule has 0 aliphatic carbocycles. The Kier molecular flexibility index (Phi) is 9.40. The molecule has 1 unspecified atom stereocenters. The van der Waals surface area contributed by atoms with Gasteiger partial charge in [0.15, 0.2) is 0 Å². The third-order valence-electron chi connectivity index (χ3n) is 4.83. The number of methoxy groups -OCH3 is 1. The van der Waals surface area contributed by atoms with Gasteiger partial charge in [-0.25, -0.2) is 0 Å². The molecule has 3 atom stereocenters. The third-order valence-corrected chi connectivity index (χ3v) is 7.82. The second-order valence-corrected chi connectivity index (χ2v) is 11.5. The van der Waals surface area contributed by atoms with E-state index >= 15 is 0 Å². The second kappa shape index (κ2) is 11.4. The number of hydrogen-bond donors (Lipinski definition) is 2. The number of ether oxygens (including phenoxy) is 1. The predicted molar refractivity (Wildman–Crippen MR) is 135 cm³/mol. The van der Waals surface area contributed by atoms with Crippen molar-refractivity contribution in [1.82, 2.24) is 4.72 Å². The first-order chi connectivity index (χ1) is 15.4. The molecule has 33 heavy (non-hydrogen) atoms. The molecule has 0 aliphatic rings. The van der Waals surface area contributed by atoms with Gasteiger partial charge >= 0.3 is 0 Å². The number of nitrogens with zero attached hydrogens (tertiary/aromatic N) is 2. The Bertz CT molecular complexity index is 1060. The fourth-order valence-electron chi connectivity index (χ4n) is 3.02. The highest BCUT2D eigenvalue weighted by molar-refractivity contribution is 9.10. The van der Waals surface area contributed by atoms with E-state index in [2.05, 4.69) is 32.0 Å². The van der Waals surface area contributed by atoms with Crippen LogP contribution >= 0.6 is 27.5 Å². The molecule has 0 heterocycles. The van der Waals surface area contributed by atoms with Crippen LogP contribution in [-0.2, 0) is 11.4 Å². The summed E-state index contributed by atoms with van der Waals surface area (Å²) in [7, 11) is 1.47. The van der Waals surface area contributed by atoms with Crippen LogP contribution in [0.4, 0.5) is 11.4 Å². The summed E-state index contributed by atoms with van der Waals surface area (Å²) in [6.45, 7) is 7.29. The number of benzene rings is 2. The molecule has 0 bridgehead atoms. The van der Waals surface area contributed by atoms with Gasteiger partial charge in [0.25, 0.3) is 5.69 Å². The summed E-state index contributed by atoms with van der Waals surface area (Å²) < 4.78 is 20.8. The summed E-state index contributed by atoms with van der Waals surface area (Å²) in [5, 5.41) is 25.0. The number of hydrogen-bond acceptors (Lipinski definition) is 7. The van der Waals surface area contributed by atoms with E-state index < -0.39 is 33.1 Å². The number of aryl methyl sites for hydroxylation is 1. The molecular weight excluding hydrogens is 532 g/mol. The van der Waals surface area contributed by atoms with E-state index in [1.807, 2.05) is 13.0 Å². The Morgan fingerprint density at radius 1 is 1.33 bits per heavy atom. The molecule has 2 aromatic carbocycles. The van der Waals surface area contributed by atoms with Gasteiger partial charge < -0.3 is 14.6 Å². The van der Waals surface area contributed by atoms with Crippen molar-refractivity contribution in [1.29, 1.82) is 5.26 Å². The van der Waals surface area contributed by atoms with E-state index in [-0.39, 0.29) is 17.8 Å². The molecule has 2 rings (SSSR count). The van der Waals surface area contributed by atoms with Crippen molar-refractivity contribution in [2.24, 2.45) is 0 Å². The molecule has 178 valence electrons. The molecule has 0 fully saturated rings. The highest BCUT2D eigenvalue weighted by Gasteiger charge is 2.32. The van der Waals surface area contributed by atoms with E-state index in [1.165, 1.54) is 25.3 Å².